The highest BCUT2D eigenvalue weighted by atomic mass is 19.3. The summed E-state index contributed by atoms with van der Waals surface area (Å²) in [5.41, 5.74) is 8.14. The summed E-state index contributed by atoms with van der Waals surface area (Å²) in [5.74, 6) is -1.41. The predicted octanol–water partition coefficient (Wildman–Crippen LogP) is 4.18. The largest absolute Gasteiger partial charge is 0.492 e. The predicted molar refractivity (Wildman–Crippen MR) is 84.0 cm³/mol. The van der Waals surface area contributed by atoms with Gasteiger partial charge in [-0.1, -0.05) is 18.0 Å². The Morgan fingerprint density at radius 3 is 2.78 bits per heavy atom. The molecule has 8 heteroatoms. The van der Waals surface area contributed by atoms with Gasteiger partial charge in [0.1, 0.15) is 11.6 Å². The lowest BCUT2D eigenvalue weighted by Crippen LogP contribution is -2.25. The summed E-state index contributed by atoms with van der Waals surface area (Å²) in [6.07, 6.45) is 5.27. The Morgan fingerprint density at radius 2 is 2.13 bits per heavy atom. The number of alkyl halides is 2. The lowest BCUT2D eigenvalue weighted by Gasteiger charge is -2.17. The van der Waals surface area contributed by atoms with Crippen molar-refractivity contribution in [2.24, 2.45) is 5.11 Å². The first kappa shape index (κ1) is 17.3. The lowest BCUT2D eigenvalue weighted by atomic mass is 10.2. The van der Waals surface area contributed by atoms with Crippen LogP contribution in [0.25, 0.3) is 10.4 Å². The minimum Gasteiger partial charge on any atom is -0.492 e. The van der Waals surface area contributed by atoms with E-state index in [9.17, 15) is 8.78 Å². The molecule has 0 bridgehead atoms. The number of hydrogen-bond donors (Lipinski definition) is 0. The third-order valence-corrected chi connectivity index (χ3v) is 3.70. The van der Waals surface area contributed by atoms with Crippen molar-refractivity contribution in [3.8, 4) is 5.75 Å². The van der Waals surface area contributed by atoms with Gasteiger partial charge in [0.25, 0.3) is 5.92 Å². The van der Waals surface area contributed by atoms with Crippen LogP contribution < -0.4 is 9.64 Å². The van der Waals surface area contributed by atoms with Crippen LogP contribution in [0.2, 0.25) is 0 Å². The number of hydrogen-bond acceptors (Lipinski definition) is 4. The number of pyridine rings is 1. The Morgan fingerprint density at radius 1 is 1.30 bits per heavy atom. The number of halogens is 2. The summed E-state index contributed by atoms with van der Waals surface area (Å²) in [5, 5.41) is 3.48. The van der Waals surface area contributed by atoms with Crippen molar-refractivity contribution in [1.29, 1.82) is 0 Å². The third kappa shape index (κ3) is 5.90. The summed E-state index contributed by atoms with van der Waals surface area (Å²) >= 11 is 0. The zero-order valence-corrected chi connectivity index (χ0v) is 13.0. The smallest absolute Gasteiger partial charge is 0.266 e. The van der Waals surface area contributed by atoms with E-state index in [1.54, 1.807) is 23.2 Å². The van der Waals surface area contributed by atoms with Gasteiger partial charge in [-0.15, -0.1) is 0 Å². The Bertz CT molecular complexity index is 531. The van der Waals surface area contributed by atoms with Crippen LogP contribution in [0.4, 0.5) is 14.6 Å². The Balaban J connectivity index is 1.64. The fourth-order valence-electron chi connectivity index (χ4n) is 2.45. The van der Waals surface area contributed by atoms with Gasteiger partial charge in [-0.2, -0.15) is 0 Å². The molecule has 0 spiro atoms. The van der Waals surface area contributed by atoms with Crippen molar-refractivity contribution in [2.75, 3.05) is 31.1 Å². The highest BCUT2D eigenvalue weighted by molar-refractivity contribution is 5.42. The molecule has 1 saturated heterocycles. The fourth-order valence-corrected chi connectivity index (χ4v) is 2.45. The molecule has 0 atom stereocenters. The van der Waals surface area contributed by atoms with Crippen molar-refractivity contribution < 1.29 is 13.5 Å². The van der Waals surface area contributed by atoms with Crippen LogP contribution in [-0.4, -0.2) is 37.1 Å². The van der Waals surface area contributed by atoms with Crippen molar-refractivity contribution in [3.05, 3.63) is 28.8 Å². The summed E-state index contributed by atoms with van der Waals surface area (Å²) in [6, 6.07) is 3.48. The number of ether oxygens (including phenoxy) is 1. The van der Waals surface area contributed by atoms with Crippen LogP contribution in [0, 0.1) is 0 Å². The molecular weight excluding hydrogens is 304 g/mol. The molecule has 1 aromatic rings. The molecule has 1 fully saturated rings. The van der Waals surface area contributed by atoms with E-state index >= 15 is 0 Å². The average Bonchev–Trinajstić information content (AvgIpc) is 2.91. The summed E-state index contributed by atoms with van der Waals surface area (Å²) in [4.78, 5) is 8.49. The van der Waals surface area contributed by atoms with E-state index in [0.29, 0.717) is 31.3 Å². The first-order valence-corrected chi connectivity index (χ1v) is 7.83. The zero-order valence-electron chi connectivity index (χ0n) is 13.0. The van der Waals surface area contributed by atoms with Gasteiger partial charge in [0.2, 0.25) is 0 Å². The standard InChI is InChI=1S/C15H21F2N5O/c16-15(17)7-9-22(12-15)14-6-5-13(11-19-14)23-10-4-2-1-3-8-20-21-18/h5-6,11H,1-4,7-10,12H2. The number of rotatable bonds is 9. The van der Waals surface area contributed by atoms with E-state index in [1.807, 2.05) is 0 Å². The maximum atomic E-state index is 13.2. The van der Waals surface area contributed by atoms with Crippen molar-refractivity contribution in [2.45, 2.75) is 38.0 Å². The number of anilines is 1. The number of aromatic nitrogens is 1. The van der Waals surface area contributed by atoms with Gasteiger partial charge in [-0.25, -0.2) is 13.8 Å². The molecule has 1 aliphatic rings. The molecular formula is C15H21F2N5O. The molecule has 0 radical (unpaired) electrons. The van der Waals surface area contributed by atoms with E-state index in [1.165, 1.54) is 0 Å². The molecule has 1 aromatic heterocycles. The molecule has 0 saturated carbocycles. The van der Waals surface area contributed by atoms with Gasteiger partial charge in [0.15, 0.2) is 0 Å². The number of azide groups is 1. The molecule has 1 aliphatic heterocycles. The van der Waals surface area contributed by atoms with Gasteiger partial charge in [0, 0.05) is 24.4 Å². The van der Waals surface area contributed by atoms with Gasteiger partial charge in [0.05, 0.1) is 19.3 Å². The van der Waals surface area contributed by atoms with Crippen LogP contribution in [0.1, 0.15) is 32.1 Å². The molecule has 0 N–H and O–H groups in total. The fraction of sp³-hybridized carbons (Fsp3) is 0.667. The van der Waals surface area contributed by atoms with Crippen molar-refractivity contribution in [1.82, 2.24) is 4.98 Å². The second-order valence-electron chi connectivity index (χ2n) is 5.60. The van der Waals surface area contributed by atoms with Crippen LogP contribution in [0.3, 0.4) is 0 Å². The molecule has 6 nitrogen and oxygen atoms in total. The Labute approximate surface area is 134 Å². The van der Waals surface area contributed by atoms with E-state index in [2.05, 4.69) is 15.0 Å². The maximum Gasteiger partial charge on any atom is 0.266 e. The summed E-state index contributed by atoms with van der Waals surface area (Å²) in [6.45, 7) is 1.19. The molecule has 2 heterocycles. The summed E-state index contributed by atoms with van der Waals surface area (Å²) in [7, 11) is 0. The lowest BCUT2D eigenvalue weighted by molar-refractivity contribution is 0.0256. The maximum absolute atomic E-state index is 13.2. The minimum absolute atomic E-state index is 0.118. The summed E-state index contributed by atoms with van der Waals surface area (Å²) < 4.78 is 31.9. The van der Waals surface area contributed by atoms with Crippen molar-refractivity contribution in [3.63, 3.8) is 0 Å². The molecule has 23 heavy (non-hydrogen) atoms. The average molecular weight is 325 g/mol. The SMILES string of the molecule is [N-]=[N+]=NCCCCCCOc1ccc(N2CCC(F)(F)C2)nc1. The van der Waals surface area contributed by atoms with E-state index in [-0.39, 0.29) is 13.0 Å². The van der Waals surface area contributed by atoms with Crippen LogP contribution >= 0.6 is 0 Å². The molecule has 0 aromatic carbocycles. The normalized spacial score (nSPS) is 16.2. The van der Waals surface area contributed by atoms with Gasteiger partial charge < -0.3 is 9.64 Å². The third-order valence-electron chi connectivity index (χ3n) is 3.70. The quantitative estimate of drug-likeness (QED) is 0.296. The highest BCUT2D eigenvalue weighted by Gasteiger charge is 2.38. The highest BCUT2D eigenvalue weighted by Crippen LogP contribution is 2.30. The Hall–Kier alpha value is -2.08. The van der Waals surface area contributed by atoms with E-state index in [0.717, 1.165) is 25.7 Å². The van der Waals surface area contributed by atoms with Crippen LogP contribution in [0.15, 0.2) is 23.4 Å². The molecule has 0 amide bonds. The van der Waals surface area contributed by atoms with E-state index in [4.69, 9.17) is 10.3 Å². The monoisotopic (exact) mass is 325 g/mol. The molecule has 2 rings (SSSR count). The van der Waals surface area contributed by atoms with Crippen LogP contribution in [-0.2, 0) is 0 Å². The first-order valence-electron chi connectivity index (χ1n) is 7.83. The zero-order chi connectivity index (χ0) is 16.5. The molecule has 0 aliphatic carbocycles. The van der Waals surface area contributed by atoms with Gasteiger partial charge in [-0.3, -0.25) is 0 Å². The minimum atomic E-state index is -2.62. The molecule has 0 unspecified atom stereocenters. The van der Waals surface area contributed by atoms with Crippen molar-refractivity contribution >= 4 is 5.82 Å². The second-order valence-corrected chi connectivity index (χ2v) is 5.60. The first-order chi connectivity index (χ1) is 11.1. The van der Waals surface area contributed by atoms with E-state index < -0.39 is 5.92 Å². The number of unbranched alkanes of at least 4 members (excludes halogenated alkanes) is 3. The second kappa shape index (κ2) is 8.53. The van der Waals surface area contributed by atoms with Gasteiger partial charge in [-0.05, 0) is 30.5 Å². The molecule has 126 valence electrons. The van der Waals surface area contributed by atoms with Gasteiger partial charge >= 0.3 is 0 Å². The van der Waals surface area contributed by atoms with Crippen LogP contribution in [0.5, 0.6) is 5.75 Å². The number of nitrogens with zero attached hydrogens (tertiary/aromatic N) is 5. The Kier molecular flexibility index (Phi) is 6.40. The topological polar surface area (TPSA) is 74.1 Å².